The summed E-state index contributed by atoms with van der Waals surface area (Å²) in [5.74, 6) is -0.187. The number of hydrogen-bond acceptors (Lipinski definition) is 4. The van der Waals surface area contributed by atoms with Gasteiger partial charge >= 0.3 is 0 Å². The molecule has 1 heterocycles. The first-order chi connectivity index (χ1) is 12.6. The number of nitrogens with two attached hydrogens (primary N) is 1. The van der Waals surface area contributed by atoms with Crippen LogP contribution in [0.2, 0.25) is 0 Å². The largest absolute Gasteiger partial charge is 0.381 e. The summed E-state index contributed by atoms with van der Waals surface area (Å²) < 4.78 is 5.30. The van der Waals surface area contributed by atoms with E-state index >= 15 is 0 Å². The molecule has 2 amide bonds. The number of hydrogen-bond donors (Lipinski definition) is 2. The Morgan fingerprint density at radius 1 is 1.19 bits per heavy atom. The maximum atomic E-state index is 12.5. The van der Waals surface area contributed by atoms with Gasteiger partial charge in [0.25, 0.3) is 5.91 Å². The smallest absolute Gasteiger partial charge is 0.254 e. The molecule has 148 valence electrons. The molecule has 1 fully saturated rings. The Bertz CT molecular complexity index is 632. The van der Waals surface area contributed by atoms with Crippen molar-refractivity contribution in [2.75, 3.05) is 31.6 Å². The number of amides is 2. The SMILES string of the molecule is C=CCN(CC=C)C(=O)c1ccc(NC(=O)C(N)C2CCOCC2)cc1.Cl. The highest BCUT2D eigenvalue weighted by atomic mass is 35.5. The van der Waals surface area contributed by atoms with E-state index in [1.807, 2.05) is 0 Å². The summed E-state index contributed by atoms with van der Waals surface area (Å²) in [7, 11) is 0. The number of ether oxygens (including phenoxy) is 1. The van der Waals surface area contributed by atoms with Crippen LogP contribution in [0.1, 0.15) is 23.2 Å². The van der Waals surface area contributed by atoms with E-state index < -0.39 is 6.04 Å². The van der Waals surface area contributed by atoms with Crippen molar-refractivity contribution in [1.29, 1.82) is 0 Å². The molecule has 0 saturated carbocycles. The Hall–Kier alpha value is -2.15. The topological polar surface area (TPSA) is 84.7 Å². The van der Waals surface area contributed by atoms with Gasteiger partial charge in [-0.15, -0.1) is 25.6 Å². The molecule has 6 nitrogen and oxygen atoms in total. The summed E-state index contributed by atoms with van der Waals surface area (Å²) >= 11 is 0. The Labute approximate surface area is 166 Å². The van der Waals surface area contributed by atoms with E-state index in [2.05, 4.69) is 18.5 Å². The summed E-state index contributed by atoms with van der Waals surface area (Å²) in [6.07, 6.45) is 4.94. The normalized spacial score (nSPS) is 15.1. The molecule has 0 radical (unpaired) electrons. The second kappa shape index (κ2) is 11.5. The predicted molar refractivity (Wildman–Crippen MR) is 110 cm³/mol. The number of rotatable bonds is 8. The number of anilines is 1. The van der Waals surface area contributed by atoms with Gasteiger partial charge < -0.3 is 20.7 Å². The van der Waals surface area contributed by atoms with Crippen LogP contribution in [0.4, 0.5) is 5.69 Å². The summed E-state index contributed by atoms with van der Waals surface area (Å²) in [6.45, 7) is 9.52. The molecule has 1 aromatic carbocycles. The van der Waals surface area contributed by atoms with Crippen molar-refractivity contribution in [1.82, 2.24) is 4.90 Å². The number of halogens is 1. The van der Waals surface area contributed by atoms with Crippen molar-refractivity contribution in [3.63, 3.8) is 0 Å². The van der Waals surface area contributed by atoms with E-state index in [0.717, 1.165) is 12.8 Å². The quantitative estimate of drug-likeness (QED) is 0.665. The molecule has 1 aromatic rings. The van der Waals surface area contributed by atoms with E-state index in [1.165, 1.54) is 0 Å². The van der Waals surface area contributed by atoms with Gasteiger partial charge in [-0.05, 0) is 43.0 Å². The van der Waals surface area contributed by atoms with Crippen molar-refractivity contribution >= 4 is 29.9 Å². The number of carbonyl (C=O) groups excluding carboxylic acids is 2. The van der Waals surface area contributed by atoms with Gasteiger partial charge in [-0.25, -0.2) is 0 Å². The average Bonchev–Trinajstić information content (AvgIpc) is 2.68. The molecule has 1 atom stereocenters. The van der Waals surface area contributed by atoms with Crippen LogP contribution in [0, 0.1) is 5.92 Å². The second-order valence-electron chi connectivity index (χ2n) is 6.33. The molecular weight excluding hydrogens is 366 g/mol. The minimum atomic E-state index is -0.559. The molecule has 3 N–H and O–H groups in total. The Kier molecular flexibility index (Phi) is 9.78. The molecule has 2 rings (SSSR count). The zero-order valence-electron chi connectivity index (χ0n) is 15.4. The fraction of sp³-hybridized carbons (Fsp3) is 0.400. The lowest BCUT2D eigenvalue weighted by molar-refractivity contribution is -0.119. The zero-order chi connectivity index (χ0) is 18.9. The molecule has 1 saturated heterocycles. The van der Waals surface area contributed by atoms with Gasteiger partial charge in [-0.2, -0.15) is 0 Å². The second-order valence-corrected chi connectivity index (χ2v) is 6.33. The number of carbonyl (C=O) groups is 2. The van der Waals surface area contributed by atoms with E-state index in [-0.39, 0.29) is 30.1 Å². The molecule has 1 aliphatic heterocycles. The molecule has 27 heavy (non-hydrogen) atoms. The highest BCUT2D eigenvalue weighted by molar-refractivity contribution is 5.97. The molecule has 7 heteroatoms. The summed E-state index contributed by atoms with van der Waals surface area (Å²) in [4.78, 5) is 26.5. The van der Waals surface area contributed by atoms with E-state index in [9.17, 15) is 9.59 Å². The number of benzene rings is 1. The van der Waals surface area contributed by atoms with Crippen LogP contribution in [0.5, 0.6) is 0 Å². The Morgan fingerprint density at radius 3 is 2.26 bits per heavy atom. The highest BCUT2D eigenvalue weighted by Gasteiger charge is 2.26. The first-order valence-electron chi connectivity index (χ1n) is 8.82. The predicted octanol–water partition coefficient (Wildman–Crippen LogP) is 2.62. The fourth-order valence-corrected chi connectivity index (χ4v) is 2.95. The minimum Gasteiger partial charge on any atom is -0.381 e. The van der Waals surface area contributed by atoms with Gasteiger partial charge in [0.1, 0.15) is 0 Å². The number of nitrogens with one attached hydrogen (secondary N) is 1. The van der Waals surface area contributed by atoms with Crippen molar-refractivity contribution in [2.45, 2.75) is 18.9 Å². The molecule has 0 spiro atoms. The van der Waals surface area contributed by atoms with Gasteiger partial charge in [0.05, 0.1) is 6.04 Å². The third-order valence-electron chi connectivity index (χ3n) is 4.46. The van der Waals surface area contributed by atoms with Crippen LogP contribution in [-0.2, 0) is 9.53 Å². The van der Waals surface area contributed by atoms with Crippen LogP contribution < -0.4 is 11.1 Å². The standard InChI is InChI=1S/C20H27N3O3.ClH/c1-3-11-23(12-4-2)20(25)16-5-7-17(8-6-16)22-19(24)18(21)15-9-13-26-14-10-15;/h3-8,15,18H,1-2,9-14,21H2,(H,22,24);1H. The van der Waals surface area contributed by atoms with E-state index in [0.29, 0.717) is 37.6 Å². The summed E-state index contributed by atoms with van der Waals surface area (Å²) in [6, 6.07) is 6.24. The zero-order valence-corrected chi connectivity index (χ0v) is 16.2. The Balaban J connectivity index is 0.00000364. The summed E-state index contributed by atoms with van der Waals surface area (Å²) in [5.41, 5.74) is 7.24. The van der Waals surface area contributed by atoms with Gasteiger partial charge in [0.2, 0.25) is 5.91 Å². The van der Waals surface area contributed by atoms with E-state index in [4.69, 9.17) is 10.5 Å². The minimum absolute atomic E-state index is 0. The van der Waals surface area contributed by atoms with Crippen molar-refractivity contribution < 1.29 is 14.3 Å². The molecule has 1 unspecified atom stereocenters. The Morgan fingerprint density at radius 2 is 1.74 bits per heavy atom. The van der Waals surface area contributed by atoms with Crippen LogP contribution >= 0.6 is 12.4 Å². The maximum absolute atomic E-state index is 12.5. The number of nitrogens with zero attached hydrogens (tertiary/aromatic N) is 1. The lowest BCUT2D eigenvalue weighted by Gasteiger charge is -2.26. The molecule has 1 aliphatic rings. The van der Waals surface area contributed by atoms with Gasteiger partial charge in [0.15, 0.2) is 0 Å². The van der Waals surface area contributed by atoms with E-state index in [1.54, 1.807) is 41.3 Å². The van der Waals surface area contributed by atoms with Crippen molar-refractivity contribution in [3.8, 4) is 0 Å². The monoisotopic (exact) mass is 393 g/mol. The lowest BCUT2D eigenvalue weighted by Crippen LogP contribution is -2.44. The first kappa shape index (κ1) is 22.9. The first-order valence-corrected chi connectivity index (χ1v) is 8.82. The third-order valence-corrected chi connectivity index (χ3v) is 4.46. The van der Waals surface area contributed by atoms with Crippen LogP contribution in [0.3, 0.4) is 0 Å². The van der Waals surface area contributed by atoms with Crippen molar-refractivity contribution in [3.05, 3.63) is 55.1 Å². The van der Waals surface area contributed by atoms with Gasteiger partial charge in [0, 0.05) is 37.6 Å². The van der Waals surface area contributed by atoms with Crippen molar-refractivity contribution in [2.24, 2.45) is 11.7 Å². The average molecular weight is 394 g/mol. The molecule has 0 aromatic heterocycles. The molecular formula is C20H28ClN3O3. The van der Waals surface area contributed by atoms with Crippen LogP contribution in [0.25, 0.3) is 0 Å². The lowest BCUT2D eigenvalue weighted by atomic mass is 9.92. The van der Waals surface area contributed by atoms with Crippen LogP contribution in [0.15, 0.2) is 49.6 Å². The van der Waals surface area contributed by atoms with Gasteiger partial charge in [-0.1, -0.05) is 12.2 Å². The highest BCUT2D eigenvalue weighted by Crippen LogP contribution is 2.19. The fourth-order valence-electron chi connectivity index (χ4n) is 2.95. The van der Waals surface area contributed by atoms with Crippen LogP contribution in [-0.4, -0.2) is 49.1 Å². The maximum Gasteiger partial charge on any atom is 0.254 e. The third kappa shape index (κ3) is 6.50. The summed E-state index contributed by atoms with van der Waals surface area (Å²) in [5, 5.41) is 2.82. The van der Waals surface area contributed by atoms with Gasteiger partial charge in [-0.3, -0.25) is 9.59 Å². The molecule has 0 bridgehead atoms. The molecule has 0 aliphatic carbocycles.